The number of aromatic nitrogens is 2. The number of pyridine rings is 1. The minimum absolute atomic E-state index is 0.661. The highest BCUT2D eigenvalue weighted by molar-refractivity contribution is 7.98. The van der Waals surface area contributed by atoms with Gasteiger partial charge in [-0.3, -0.25) is 0 Å². The molecule has 15 heavy (non-hydrogen) atoms. The van der Waals surface area contributed by atoms with Gasteiger partial charge < -0.3 is 4.42 Å². The van der Waals surface area contributed by atoms with Crippen LogP contribution in [0.5, 0.6) is 0 Å². The first-order valence-electron chi connectivity index (χ1n) is 4.57. The fourth-order valence-electron chi connectivity index (χ4n) is 1.59. The van der Waals surface area contributed by atoms with Gasteiger partial charge in [0, 0.05) is 17.0 Å². The Labute approximate surface area is 90.5 Å². The van der Waals surface area contributed by atoms with Crippen molar-refractivity contribution in [1.29, 1.82) is 0 Å². The molecule has 0 atom stereocenters. The van der Waals surface area contributed by atoms with Crippen molar-refractivity contribution in [3.05, 3.63) is 30.5 Å². The van der Waals surface area contributed by atoms with Crippen molar-refractivity contribution in [1.82, 2.24) is 9.97 Å². The Kier molecular flexibility index (Phi) is 1.89. The summed E-state index contributed by atoms with van der Waals surface area (Å²) in [5.74, 6) is 0. The topological polar surface area (TPSA) is 38.9 Å². The fourth-order valence-corrected chi connectivity index (χ4v) is 1.93. The van der Waals surface area contributed by atoms with Crippen LogP contribution in [-0.4, -0.2) is 16.2 Å². The molecule has 0 spiro atoms. The van der Waals surface area contributed by atoms with E-state index in [1.165, 1.54) is 11.8 Å². The number of oxazole rings is 1. The molecule has 0 aliphatic heterocycles. The SMILES string of the molecule is CSc1nc2ncc3ccccc3c2o1. The van der Waals surface area contributed by atoms with Crippen LogP contribution >= 0.6 is 11.8 Å². The predicted molar refractivity (Wildman–Crippen MR) is 61.1 cm³/mol. The van der Waals surface area contributed by atoms with E-state index >= 15 is 0 Å². The number of benzene rings is 1. The number of hydrogen-bond donors (Lipinski definition) is 0. The van der Waals surface area contributed by atoms with Crippen molar-refractivity contribution < 1.29 is 4.42 Å². The maximum atomic E-state index is 5.62. The van der Waals surface area contributed by atoms with Crippen molar-refractivity contribution in [2.24, 2.45) is 0 Å². The molecule has 2 heterocycles. The molecule has 3 aromatic rings. The van der Waals surface area contributed by atoms with Gasteiger partial charge in [0.2, 0.25) is 0 Å². The summed E-state index contributed by atoms with van der Waals surface area (Å²) >= 11 is 1.49. The highest BCUT2D eigenvalue weighted by atomic mass is 32.2. The molecule has 0 bridgehead atoms. The number of nitrogens with zero attached hydrogens (tertiary/aromatic N) is 2. The molecule has 3 rings (SSSR count). The second kappa shape index (κ2) is 3.24. The number of rotatable bonds is 1. The summed E-state index contributed by atoms with van der Waals surface area (Å²) in [5, 5.41) is 2.80. The van der Waals surface area contributed by atoms with Crippen LogP contribution in [0.1, 0.15) is 0 Å². The number of fused-ring (bicyclic) bond motifs is 3. The van der Waals surface area contributed by atoms with E-state index < -0.39 is 0 Å². The van der Waals surface area contributed by atoms with Crippen LogP contribution in [0.25, 0.3) is 22.0 Å². The Bertz CT molecular complexity index is 633. The molecule has 3 nitrogen and oxygen atoms in total. The van der Waals surface area contributed by atoms with Crippen LogP contribution in [0.4, 0.5) is 0 Å². The average Bonchev–Trinajstić information content (AvgIpc) is 2.72. The minimum atomic E-state index is 0.661. The lowest BCUT2D eigenvalue weighted by molar-refractivity contribution is 0.492. The van der Waals surface area contributed by atoms with Crippen LogP contribution in [0.15, 0.2) is 40.1 Å². The van der Waals surface area contributed by atoms with Gasteiger partial charge in [0.1, 0.15) is 0 Å². The van der Waals surface area contributed by atoms with E-state index in [0.717, 1.165) is 16.4 Å². The van der Waals surface area contributed by atoms with Gasteiger partial charge in [-0.15, -0.1) is 0 Å². The summed E-state index contributed by atoms with van der Waals surface area (Å²) in [5.41, 5.74) is 1.45. The van der Waals surface area contributed by atoms with Gasteiger partial charge in [-0.1, -0.05) is 36.0 Å². The van der Waals surface area contributed by atoms with Crippen molar-refractivity contribution >= 4 is 33.8 Å². The van der Waals surface area contributed by atoms with E-state index in [4.69, 9.17) is 4.42 Å². The zero-order valence-corrected chi connectivity index (χ0v) is 8.91. The quantitative estimate of drug-likeness (QED) is 0.586. The van der Waals surface area contributed by atoms with E-state index in [1.54, 1.807) is 0 Å². The van der Waals surface area contributed by atoms with Crippen molar-refractivity contribution in [2.45, 2.75) is 5.22 Å². The maximum absolute atomic E-state index is 5.62. The molecule has 0 fully saturated rings. The fraction of sp³-hybridized carbons (Fsp3) is 0.0909. The molecule has 2 aromatic heterocycles. The van der Waals surface area contributed by atoms with E-state index in [1.807, 2.05) is 36.7 Å². The monoisotopic (exact) mass is 216 g/mol. The zero-order chi connectivity index (χ0) is 10.3. The van der Waals surface area contributed by atoms with Crippen molar-refractivity contribution in [2.75, 3.05) is 6.26 Å². The largest absolute Gasteiger partial charge is 0.429 e. The zero-order valence-electron chi connectivity index (χ0n) is 8.10. The van der Waals surface area contributed by atoms with Gasteiger partial charge in [0.05, 0.1) is 0 Å². The van der Waals surface area contributed by atoms with Gasteiger partial charge in [-0.2, -0.15) is 4.98 Å². The van der Waals surface area contributed by atoms with E-state index in [2.05, 4.69) is 9.97 Å². The molecule has 0 unspecified atom stereocenters. The summed E-state index contributed by atoms with van der Waals surface area (Å²) in [7, 11) is 0. The Morgan fingerprint density at radius 1 is 1.27 bits per heavy atom. The molecule has 1 aromatic carbocycles. The molecule has 0 saturated carbocycles. The molecular weight excluding hydrogens is 208 g/mol. The molecule has 0 saturated heterocycles. The average molecular weight is 216 g/mol. The summed E-state index contributed by atoms with van der Waals surface area (Å²) in [4.78, 5) is 8.53. The maximum Gasteiger partial charge on any atom is 0.258 e. The van der Waals surface area contributed by atoms with E-state index in [9.17, 15) is 0 Å². The first-order chi connectivity index (χ1) is 7.38. The van der Waals surface area contributed by atoms with Crippen molar-refractivity contribution in [3.8, 4) is 0 Å². The molecule has 4 heteroatoms. The molecule has 0 aliphatic rings. The normalized spacial score (nSPS) is 11.3. The van der Waals surface area contributed by atoms with E-state index in [0.29, 0.717) is 10.9 Å². The smallest absolute Gasteiger partial charge is 0.258 e. The second-order valence-electron chi connectivity index (χ2n) is 3.18. The lowest BCUT2D eigenvalue weighted by Gasteiger charge is -1.94. The lowest BCUT2D eigenvalue weighted by Crippen LogP contribution is -1.78. The summed E-state index contributed by atoms with van der Waals surface area (Å²) in [6.45, 7) is 0. The number of hydrogen-bond acceptors (Lipinski definition) is 4. The predicted octanol–water partition coefficient (Wildman–Crippen LogP) is 3.10. The van der Waals surface area contributed by atoms with Crippen LogP contribution in [0, 0.1) is 0 Å². The highest BCUT2D eigenvalue weighted by Crippen LogP contribution is 2.26. The standard InChI is InChI=1S/C11H8N2OS/c1-15-11-13-10-9(14-11)8-5-3-2-4-7(8)6-12-10/h2-6H,1H3. The highest BCUT2D eigenvalue weighted by Gasteiger charge is 2.08. The summed E-state index contributed by atoms with van der Waals surface area (Å²) < 4.78 is 5.62. The first kappa shape index (κ1) is 8.73. The first-order valence-corrected chi connectivity index (χ1v) is 5.79. The van der Waals surface area contributed by atoms with Gasteiger partial charge in [0.15, 0.2) is 11.2 Å². The minimum Gasteiger partial charge on any atom is -0.429 e. The van der Waals surface area contributed by atoms with Crippen molar-refractivity contribution in [3.63, 3.8) is 0 Å². The Morgan fingerprint density at radius 2 is 2.13 bits per heavy atom. The van der Waals surface area contributed by atoms with Crippen LogP contribution in [0.2, 0.25) is 0 Å². The molecule has 0 aliphatic carbocycles. The molecule has 0 amide bonds. The van der Waals surface area contributed by atoms with Crippen LogP contribution in [-0.2, 0) is 0 Å². The molecular formula is C11H8N2OS. The van der Waals surface area contributed by atoms with Crippen LogP contribution < -0.4 is 0 Å². The summed E-state index contributed by atoms with van der Waals surface area (Å²) in [6.07, 6.45) is 3.76. The Balaban J connectivity index is 2.47. The van der Waals surface area contributed by atoms with Gasteiger partial charge in [0.25, 0.3) is 5.22 Å². The van der Waals surface area contributed by atoms with Crippen LogP contribution in [0.3, 0.4) is 0 Å². The molecule has 0 N–H and O–H groups in total. The summed E-state index contributed by atoms with van der Waals surface area (Å²) in [6, 6.07) is 8.02. The van der Waals surface area contributed by atoms with E-state index in [-0.39, 0.29) is 0 Å². The Morgan fingerprint density at radius 3 is 3.00 bits per heavy atom. The molecule has 0 radical (unpaired) electrons. The van der Waals surface area contributed by atoms with Gasteiger partial charge in [-0.25, -0.2) is 4.98 Å². The third-order valence-electron chi connectivity index (χ3n) is 2.30. The van der Waals surface area contributed by atoms with Gasteiger partial charge in [-0.05, 0) is 6.26 Å². The lowest BCUT2D eigenvalue weighted by atomic mass is 10.2. The number of thioether (sulfide) groups is 1. The van der Waals surface area contributed by atoms with Gasteiger partial charge >= 0.3 is 0 Å². The second-order valence-corrected chi connectivity index (χ2v) is 3.94. The molecule has 74 valence electrons. The Hall–Kier alpha value is -1.55. The third-order valence-corrected chi connectivity index (χ3v) is 2.82. The third kappa shape index (κ3) is 1.29.